The molecule has 1 saturated heterocycles. The van der Waals surface area contributed by atoms with E-state index in [1.165, 1.54) is 56.3 Å². The SMILES string of the molecule is CN=C(NCCCOCC1CC1)NCc1ccc(CN2CCCCC2)cc1. The molecule has 1 aliphatic carbocycles. The number of nitrogens with zero attached hydrogens (tertiary/aromatic N) is 2. The molecule has 1 aromatic carbocycles. The molecule has 150 valence electrons. The van der Waals surface area contributed by atoms with Gasteiger partial charge in [-0.1, -0.05) is 30.7 Å². The lowest BCUT2D eigenvalue weighted by Gasteiger charge is -2.26. The molecular weight excluding hydrogens is 336 g/mol. The van der Waals surface area contributed by atoms with Gasteiger partial charge in [-0.15, -0.1) is 0 Å². The summed E-state index contributed by atoms with van der Waals surface area (Å²) in [6, 6.07) is 8.98. The number of piperidine rings is 1. The van der Waals surface area contributed by atoms with E-state index >= 15 is 0 Å². The van der Waals surface area contributed by atoms with Gasteiger partial charge in [-0.2, -0.15) is 0 Å². The minimum absolute atomic E-state index is 0.793. The molecule has 1 saturated carbocycles. The lowest BCUT2D eigenvalue weighted by atomic mass is 10.1. The Kier molecular flexibility index (Phi) is 8.43. The summed E-state index contributed by atoms with van der Waals surface area (Å²) in [6.45, 7) is 7.04. The molecule has 2 N–H and O–H groups in total. The highest BCUT2D eigenvalue weighted by Gasteiger charge is 2.20. The zero-order valence-corrected chi connectivity index (χ0v) is 16.9. The van der Waals surface area contributed by atoms with Gasteiger partial charge in [-0.05, 0) is 62.2 Å². The Hall–Kier alpha value is -1.59. The van der Waals surface area contributed by atoms with E-state index in [1.54, 1.807) is 0 Å². The van der Waals surface area contributed by atoms with Gasteiger partial charge < -0.3 is 15.4 Å². The third-order valence-electron chi connectivity index (χ3n) is 5.37. The summed E-state index contributed by atoms with van der Waals surface area (Å²) in [7, 11) is 1.82. The van der Waals surface area contributed by atoms with Crippen LogP contribution >= 0.6 is 0 Å². The Morgan fingerprint density at radius 3 is 2.52 bits per heavy atom. The van der Waals surface area contributed by atoms with Gasteiger partial charge in [-0.3, -0.25) is 9.89 Å². The van der Waals surface area contributed by atoms with Crippen molar-refractivity contribution in [3.05, 3.63) is 35.4 Å². The zero-order valence-electron chi connectivity index (χ0n) is 16.9. The van der Waals surface area contributed by atoms with Crippen molar-refractivity contribution in [2.24, 2.45) is 10.9 Å². The Labute approximate surface area is 164 Å². The number of likely N-dealkylation sites (tertiary alicyclic amines) is 1. The topological polar surface area (TPSA) is 48.9 Å². The van der Waals surface area contributed by atoms with Gasteiger partial charge in [-0.25, -0.2) is 0 Å². The van der Waals surface area contributed by atoms with E-state index in [-0.39, 0.29) is 0 Å². The minimum Gasteiger partial charge on any atom is -0.381 e. The fourth-order valence-electron chi connectivity index (χ4n) is 3.46. The molecule has 1 aliphatic heterocycles. The molecule has 0 unspecified atom stereocenters. The average Bonchev–Trinajstić information content (AvgIpc) is 3.53. The van der Waals surface area contributed by atoms with E-state index < -0.39 is 0 Å². The van der Waals surface area contributed by atoms with Gasteiger partial charge in [0.1, 0.15) is 0 Å². The molecule has 2 fully saturated rings. The van der Waals surface area contributed by atoms with Gasteiger partial charge in [0.25, 0.3) is 0 Å². The van der Waals surface area contributed by atoms with Crippen LogP contribution in [0.2, 0.25) is 0 Å². The summed E-state index contributed by atoms with van der Waals surface area (Å²) in [5.74, 6) is 1.70. The Bertz CT molecular complexity index is 562. The highest BCUT2D eigenvalue weighted by Crippen LogP contribution is 2.28. The molecule has 0 aromatic heterocycles. The second kappa shape index (κ2) is 11.3. The van der Waals surface area contributed by atoms with Gasteiger partial charge in [0, 0.05) is 39.9 Å². The highest BCUT2D eigenvalue weighted by atomic mass is 16.5. The highest BCUT2D eigenvalue weighted by molar-refractivity contribution is 5.79. The Morgan fingerprint density at radius 2 is 1.81 bits per heavy atom. The quantitative estimate of drug-likeness (QED) is 0.376. The number of ether oxygens (including phenoxy) is 1. The summed E-state index contributed by atoms with van der Waals surface area (Å²) < 4.78 is 5.66. The predicted molar refractivity (Wildman–Crippen MR) is 112 cm³/mol. The van der Waals surface area contributed by atoms with Gasteiger partial charge in [0.15, 0.2) is 5.96 Å². The van der Waals surface area contributed by atoms with Crippen LogP contribution in [0.25, 0.3) is 0 Å². The number of benzene rings is 1. The number of hydrogen-bond donors (Lipinski definition) is 2. The standard InChI is InChI=1S/C22H36N4O/c1-23-22(24-12-5-15-27-18-21-10-11-21)25-16-19-6-8-20(9-7-19)17-26-13-3-2-4-14-26/h6-9,21H,2-5,10-18H2,1H3,(H2,23,24,25). The van der Waals surface area contributed by atoms with Crippen LogP contribution in [0.5, 0.6) is 0 Å². The van der Waals surface area contributed by atoms with Crippen molar-refractivity contribution in [3.63, 3.8) is 0 Å². The van der Waals surface area contributed by atoms with Crippen molar-refractivity contribution in [2.75, 3.05) is 39.9 Å². The van der Waals surface area contributed by atoms with Crippen molar-refractivity contribution < 1.29 is 4.74 Å². The number of hydrogen-bond acceptors (Lipinski definition) is 3. The molecule has 0 radical (unpaired) electrons. The fourth-order valence-corrected chi connectivity index (χ4v) is 3.46. The number of rotatable bonds is 10. The first-order valence-electron chi connectivity index (χ1n) is 10.7. The van der Waals surface area contributed by atoms with Crippen LogP contribution in [0.4, 0.5) is 0 Å². The molecule has 2 aliphatic rings. The van der Waals surface area contributed by atoms with Crippen molar-refractivity contribution >= 4 is 5.96 Å². The molecular formula is C22H36N4O. The molecule has 3 rings (SSSR count). The van der Waals surface area contributed by atoms with Crippen LogP contribution in [0.3, 0.4) is 0 Å². The maximum atomic E-state index is 5.66. The van der Waals surface area contributed by atoms with Crippen molar-refractivity contribution in [1.82, 2.24) is 15.5 Å². The van der Waals surface area contributed by atoms with Crippen molar-refractivity contribution in [2.45, 2.75) is 51.6 Å². The first kappa shape index (κ1) is 20.2. The molecule has 5 heteroatoms. The van der Waals surface area contributed by atoms with Crippen LogP contribution < -0.4 is 10.6 Å². The van der Waals surface area contributed by atoms with E-state index in [1.807, 2.05) is 7.05 Å². The maximum absolute atomic E-state index is 5.66. The maximum Gasteiger partial charge on any atom is 0.191 e. The first-order valence-corrected chi connectivity index (χ1v) is 10.7. The van der Waals surface area contributed by atoms with Gasteiger partial charge in [0.2, 0.25) is 0 Å². The number of guanidine groups is 1. The third kappa shape index (κ3) is 7.89. The molecule has 1 heterocycles. The first-order chi connectivity index (χ1) is 13.3. The van der Waals surface area contributed by atoms with Crippen LogP contribution in [-0.2, 0) is 17.8 Å². The lowest BCUT2D eigenvalue weighted by Crippen LogP contribution is -2.37. The average molecular weight is 373 g/mol. The molecule has 5 nitrogen and oxygen atoms in total. The summed E-state index contributed by atoms with van der Waals surface area (Å²) in [5, 5.41) is 6.75. The number of aliphatic imine (C=N–C) groups is 1. The Balaban J connectivity index is 1.30. The van der Waals surface area contributed by atoms with Crippen LogP contribution in [0.15, 0.2) is 29.3 Å². The summed E-state index contributed by atoms with van der Waals surface area (Å²) in [5.41, 5.74) is 2.70. The molecule has 1 aromatic rings. The van der Waals surface area contributed by atoms with Crippen LogP contribution in [-0.4, -0.2) is 50.8 Å². The largest absolute Gasteiger partial charge is 0.381 e. The predicted octanol–water partition coefficient (Wildman–Crippen LogP) is 3.15. The number of nitrogens with one attached hydrogen (secondary N) is 2. The van der Waals surface area contributed by atoms with Gasteiger partial charge in [0.05, 0.1) is 0 Å². The van der Waals surface area contributed by atoms with E-state index in [9.17, 15) is 0 Å². The van der Waals surface area contributed by atoms with Gasteiger partial charge >= 0.3 is 0 Å². The van der Waals surface area contributed by atoms with E-state index in [4.69, 9.17) is 4.74 Å². The third-order valence-corrected chi connectivity index (χ3v) is 5.37. The normalized spacial score (nSPS) is 18.5. The summed E-state index contributed by atoms with van der Waals surface area (Å²) >= 11 is 0. The van der Waals surface area contributed by atoms with E-state index in [0.717, 1.165) is 51.1 Å². The molecule has 27 heavy (non-hydrogen) atoms. The zero-order chi connectivity index (χ0) is 18.7. The van der Waals surface area contributed by atoms with Crippen LogP contribution in [0, 0.1) is 5.92 Å². The van der Waals surface area contributed by atoms with Crippen molar-refractivity contribution in [1.29, 1.82) is 0 Å². The lowest BCUT2D eigenvalue weighted by molar-refractivity contribution is 0.123. The fraction of sp³-hybridized carbons (Fsp3) is 0.682. The molecule has 0 bridgehead atoms. The summed E-state index contributed by atoms with van der Waals surface area (Å²) in [6.07, 6.45) is 7.81. The monoisotopic (exact) mass is 372 g/mol. The summed E-state index contributed by atoms with van der Waals surface area (Å²) in [4.78, 5) is 6.87. The molecule has 0 atom stereocenters. The Morgan fingerprint density at radius 1 is 1.07 bits per heavy atom. The van der Waals surface area contributed by atoms with E-state index in [2.05, 4.69) is 44.8 Å². The minimum atomic E-state index is 0.793. The van der Waals surface area contributed by atoms with E-state index in [0.29, 0.717) is 0 Å². The van der Waals surface area contributed by atoms with Crippen LogP contribution in [0.1, 0.15) is 49.7 Å². The molecule has 0 amide bonds. The molecule has 0 spiro atoms. The second-order valence-electron chi connectivity index (χ2n) is 7.88. The van der Waals surface area contributed by atoms with Crippen molar-refractivity contribution in [3.8, 4) is 0 Å². The smallest absolute Gasteiger partial charge is 0.191 e. The second-order valence-corrected chi connectivity index (χ2v) is 7.88.